The number of pyridine rings is 1. The second kappa shape index (κ2) is 20.2. The smallest absolute Gasteiger partial charge is 0.414 e. The van der Waals surface area contributed by atoms with Crippen LogP contribution in [0.4, 0.5) is 4.39 Å². The van der Waals surface area contributed by atoms with Gasteiger partial charge >= 0.3 is 35.8 Å². The van der Waals surface area contributed by atoms with Crippen LogP contribution in [0.25, 0.3) is 11.0 Å². The van der Waals surface area contributed by atoms with Crippen molar-refractivity contribution in [3.8, 4) is 0 Å². The van der Waals surface area contributed by atoms with Crippen LogP contribution >= 0.6 is 0 Å². The van der Waals surface area contributed by atoms with E-state index in [1.165, 1.54) is 30.7 Å². The van der Waals surface area contributed by atoms with Crippen molar-refractivity contribution in [2.45, 2.75) is 32.2 Å². The molecule has 0 spiro atoms. The van der Waals surface area contributed by atoms with Crippen LogP contribution in [0.15, 0.2) is 72.9 Å². The lowest BCUT2D eigenvalue weighted by molar-refractivity contribution is -0.159. The summed E-state index contributed by atoms with van der Waals surface area (Å²) < 4.78 is 15.7. The Morgan fingerprint density at radius 3 is 1.72 bits per heavy atom. The van der Waals surface area contributed by atoms with Crippen molar-refractivity contribution in [1.29, 1.82) is 0 Å². The number of carbonyl (C=O) groups is 6. The van der Waals surface area contributed by atoms with E-state index in [9.17, 15) is 4.39 Å². The standard InChI is InChI=1S/C27H29FN4.3C2H2O4/c28-23-10-8-22(9-11-23)20-32-26-7-2-1-6-25(26)30-27(32)19-21-12-16-31(17-13-21)18-14-24-5-3-4-15-29-24;3*3-1(4)2(5)6/h1-11,15,21H,12-14,16-20H2;3*(H,3,4)(H,5,6). The van der Waals surface area contributed by atoms with Crippen LogP contribution in [-0.2, 0) is 48.2 Å². The number of likely N-dealkylation sites (tertiary alicyclic amines) is 1. The molecule has 0 unspecified atom stereocenters. The highest BCUT2D eigenvalue weighted by molar-refractivity contribution is 6.28. The number of hydrogen-bond donors (Lipinski definition) is 6. The molecule has 2 aromatic heterocycles. The third kappa shape index (κ3) is 14.3. The molecule has 1 aliphatic rings. The molecule has 3 heterocycles. The molecule has 50 heavy (non-hydrogen) atoms. The Bertz CT molecular complexity index is 1660. The van der Waals surface area contributed by atoms with Crippen LogP contribution in [0.2, 0.25) is 0 Å². The Balaban J connectivity index is 0.000000398. The lowest BCUT2D eigenvalue weighted by atomic mass is 9.93. The number of fused-ring (bicyclic) bond motifs is 1. The first-order valence-electron chi connectivity index (χ1n) is 14.9. The molecule has 0 amide bonds. The quantitative estimate of drug-likeness (QED) is 0.152. The number of carboxylic acids is 6. The van der Waals surface area contributed by atoms with Gasteiger partial charge in [0.15, 0.2) is 0 Å². The lowest BCUT2D eigenvalue weighted by Gasteiger charge is -2.31. The van der Waals surface area contributed by atoms with E-state index in [1.54, 1.807) is 0 Å². The fraction of sp³-hybridized carbons (Fsp3) is 0.273. The average molecular weight is 699 g/mol. The summed E-state index contributed by atoms with van der Waals surface area (Å²) in [6.45, 7) is 4.07. The summed E-state index contributed by atoms with van der Waals surface area (Å²) >= 11 is 0. The Kier molecular flexibility index (Phi) is 16.1. The average Bonchev–Trinajstić information content (AvgIpc) is 3.43. The van der Waals surface area contributed by atoms with E-state index in [0.29, 0.717) is 5.92 Å². The number of aromatic nitrogens is 3. The first kappa shape index (κ1) is 39.9. The van der Waals surface area contributed by atoms with Crippen molar-refractivity contribution < 1.29 is 63.8 Å². The van der Waals surface area contributed by atoms with Gasteiger partial charge in [0, 0.05) is 37.8 Å². The summed E-state index contributed by atoms with van der Waals surface area (Å²) in [6.07, 6.45) is 6.27. The van der Waals surface area contributed by atoms with E-state index >= 15 is 0 Å². The van der Waals surface area contributed by atoms with E-state index in [1.807, 2.05) is 30.5 Å². The zero-order valence-corrected chi connectivity index (χ0v) is 26.5. The third-order valence-corrected chi connectivity index (χ3v) is 7.13. The van der Waals surface area contributed by atoms with Gasteiger partial charge in [-0.1, -0.05) is 30.3 Å². The van der Waals surface area contributed by atoms with Crippen LogP contribution in [0.3, 0.4) is 0 Å². The van der Waals surface area contributed by atoms with Crippen LogP contribution < -0.4 is 0 Å². The van der Waals surface area contributed by atoms with Crippen LogP contribution in [0, 0.1) is 11.7 Å². The van der Waals surface area contributed by atoms with Gasteiger partial charge < -0.3 is 40.1 Å². The van der Waals surface area contributed by atoms with E-state index in [4.69, 9.17) is 64.4 Å². The van der Waals surface area contributed by atoms with Gasteiger partial charge in [0.05, 0.1) is 11.0 Å². The van der Waals surface area contributed by atoms with Crippen LogP contribution in [0.5, 0.6) is 0 Å². The number of imidazole rings is 1. The highest BCUT2D eigenvalue weighted by Crippen LogP contribution is 2.25. The maximum atomic E-state index is 13.4. The molecule has 16 nitrogen and oxygen atoms in total. The molecule has 0 bridgehead atoms. The number of benzene rings is 2. The van der Waals surface area contributed by atoms with Crippen molar-refractivity contribution in [1.82, 2.24) is 19.4 Å². The van der Waals surface area contributed by atoms with Gasteiger partial charge in [0.2, 0.25) is 0 Å². The molecule has 1 saturated heterocycles. The fourth-order valence-electron chi connectivity index (χ4n) is 4.72. The zero-order valence-electron chi connectivity index (χ0n) is 26.5. The molecule has 2 aromatic carbocycles. The predicted octanol–water partition coefficient (Wildman–Crippen LogP) is 2.58. The van der Waals surface area contributed by atoms with Crippen LogP contribution in [-0.4, -0.2) is 106 Å². The van der Waals surface area contributed by atoms with Gasteiger partial charge in [0.25, 0.3) is 0 Å². The Morgan fingerprint density at radius 2 is 1.22 bits per heavy atom. The Morgan fingerprint density at radius 1 is 0.700 bits per heavy atom. The molecule has 0 aliphatic carbocycles. The van der Waals surface area contributed by atoms with E-state index in [0.717, 1.165) is 61.4 Å². The summed E-state index contributed by atoms with van der Waals surface area (Å²) in [5.74, 6) is -9.35. The molecule has 0 radical (unpaired) electrons. The van der Waals surface area contributed by atoms with Crippen molar-refractivity contribution in [3.05, 3.63) is 95.8 Å². The second-order valence-corrected chi connectivity index (χ2v) is 10.6. The van der Waals surface area contributed by atoms with Crippen molar-refractivity contribution in [2.24, 2.45) is 5.92 Å². The van der Waals surface area contributed by atoms with Crippen LogP contribution in [0.1, 0.15) is 29.9 Å². The zero-order chi connectivity index (χ0) is 37.2. The largest absolute Gasteiger partial charge is 0.473 e. The van der Waals surface area contributed by atoms with Gasteiger partial charge in [-0.25, -0.2) is 38.1 Å². The molecule has 1 fully saturated rings. The Hall–Kier alpha value is -6.23. The SMILES string of the molecule is Fc1ccc(Cn2c(CC3CCN(CCc4ccccn4)CC3)nc3ccccc32)cc1.O=C(O)C(=O)O.O=C(O)C(=O)O.O=C(O)C(=O)O. The number of hydrogen-bond acceptors (Lipinski definition) is 9. The van der Waals surface area contributed by atoms with Gasteiger partial charge in [-0.15, -0.1) is 0 Å². The summed E-state index contributed by atoms with van der Waals surface area (Å²) in [5.41, 5.74) is 4.46. The number of para-hydroxylation sites is 2. The van der Waals surface area contributed by atoms with Gasteiger partial charge in [-0.3, -0.25) is 4.98 Å². The molecular formula is C33H35FN4O12. The minimum Gasteiger partial charge on any atom is -0.473 e. The van der Waals surface area contributed by atoms with E-state index < -0.39 is 35.8 Å². The minimum absolute atomic E-state index is 0.195. The molecule has 0 atom stereocenters. The summed E-state index contributed by atoms with van der Waals surface area (Å²) in [4.78, 5) is 66.6. The molecule has 5 rings (SSSR count). The van der Waals surface area contributed by atoms with Gasteiger partial charge in [-0.2, -0.15) is 0 Å². The third-order valence-electron chi connectivity index (χ3n) is 7.13. The maximum Gasteiger partial charge on any atom is 0.414 e. The second-order valence-electron chi connectivity index (χ2n) is 10.6. The van der Waals surface area contributed by atoms with Gasteiger partial charge in [0.1, 0.15) is 11.6 Å². The topological polar surface area (TPSA) is 258 Å². The lowest BCUT2D eigenvalue weighted by Crippen LogP contribution is -2.36. The first-order valence-corrected chi connectivity index (χ1v) is 14.9. The molecule has 6 N–H and O–H groups in total. The molecule has 4 aromatic rings. The summed E-state index contributed by atoms with van der Waals surface area (Å²) in [6, 6.07) is 21.3. The number of halogens is 1. The highest BCUT2D eigenvalue weighted by atomic mass is 19.1. The summed E-state index contributed by atoms with van der Waals surface area (Å²) in [5, 5.41) is 44.3. The number of aliphatic carboxylic acids is 6. The number of piperidine rings is 1. The van der Waals surface area contributed by atoms with Crippen molar-refractivity contribution in [2.75, 3.05) is 19.6 Å². The van der Waals surface area contributed by atoms with Crippen molar-refractivity contribution >= 4 is 46.8 Å². The number of carboxylic acid groups (broad SMARTS) is 6. The molecule has 1 aliphatic heterocycles. The van der Waals surface area contributed by atoms with Gasteiger partial charge in [-0.05, 0) is 73.8 Å². The molecule has 266 valence electrons. The highest BCUT2D eigenvalue weighted by Gasteiger charge is 2.22. The monoisotopic (exact) mass is 698 g/mol. The Labute approximate surface area is 283 Å². The molecule has 0 saturated carbocycles. The fourth-order valence-corrected chi connectivity index (χ4v) is 4.72. The van der Waals surface area contributed by atoms with E-state index in [-0.39, 0.29) is 5.82 Å². The number of nitrogens with zero attached hydrogens (tertiary/aromatic N) is 4. The minimum atomic E-state index is -1.82. The predicted molar refractivity (Wildman–Crippen MR) is 172 cm³/mol. The maximum absolute atomic E-state index is 13.4. The number of rotatable bonds is 7. The molecular weight excluding hydrogens is 663 g/mol. The van der Waals surface area contributed by atoms with E-state index in [2.05, 4.69) is 44.8 Å². The van der Waals surface area contributed by atoms with Crippen molar-refractivity contribution in [3.63, 3.8) is 0 Å². The normalized spacial score (nSPS) is 12.5. The first-order chi connectivity index (χ1) is 23.7. The molecule has 17 heteroatoms. The summed E-state index contributed by atoms with van der Waals surface area (Å²) in [7, 11) is 0.